The van der Waals surface area contributed by atoms with Gasteiger partial charge in [0.25, 0.3) is 0 Å². The summed E-state index contributed by atoms with van der Waals surface area (Å²) in [5.74, 6) is 3.35. The predicted octanol–water partition coefficient (Wildman–Crippen LogP) is 2.90. The second-order valence-corrected chi connectivity index (χ2v) is 7.79. The molecule has 1 aromatic carbocycles. The van der Waals surface area contributed by atoms with E-state index in [1.807, 2.05) is 6.07 Å². The van der Waals surface area contributed by atoms with Crippen LogP contribution in [-0.4, -0.2) is 55.7 Å². The fourth-order valence-corrected chi connectivity index (χ4v) is 3.53. The van der Waals surface area contributed by atoms with Crippen molar-refractivity contribution < 1.29 is 4.74 Å². The van der Waals surface area contributed by atoms with Gasteiger partial charge in [0.2, 0.25) is 5.95 Å². The van der Waals surface area contributed by atoms with Gasteiger partial charge in [0.15, 0.2) is 0 Å². The van der Waals surface area contributed by atoms with Gasteiger partial charge in [0.1, 0.15) is 11.6 Å². The number of hydrogen-bond donors (Lipinski definition) is 1. The van der Waals surface area contributed by atoms with Crippen LogP contribution in [0.1, 0.15) is 35.6 Å². The summed E-state index contributed by atoms with van der Waals surface area (Å²) in [4.78, 5) is 14.1. The topological polar surface area (TPSA) is 53.5 Å². The second kappa shape index (κ2) is 7.72. The van der Waals surface area contributed by atoms with Crippen molar-refractivity contribution in [3.05, 3.63) is 41.1 Å². The third-order valence-electron chi connectivity index (χ3n) is 5.32. The van der Waals surface area contributed by atoms with Crippen LogP contribution in [0.15, 0.2) is 24.3 Å². The van der Waals surface area contributed by atoms with Crippen LogP contribution in [0.25, 0.3) is 0 Å². The number of benzene rings is 1. The number of fused-ring (bicyclic) bond motifs is 1. The van der Waals surface area contributed by atoms with Crippen LogP contribution in [0.5, 0.6) is 5.75 Å². The molecule has 0 radical (unpaired) electrons. The van der Waals surface area contributed by atoms with E-state index in [-0.39, 0.29) is 0 Å². The van der Waals surface area contributed by atoms with Crippen molar-refractivity contribution in [2.24, 2.45) is 0 Å². The highest BCUT2D eigenvalue weighted by Crippen LogP contribution is 2.40. The van der Waals surface area contributed by atoms with E-state index in [0.717, 1.165) is 50.1 Å². The summed E-state index contributed by atoms with van der Waals surface area (Å²) in [5, 5.41) is 3.41. The Hall–Kier alpha value is -2.34. The smallest absolute Gasteiger partial charge is 0.224 e. The van der Waals surface area contributed by atoms with E-state index >= 15 is 0 Å². The molecule has 0 bridgehead atoms. The van der Waals surface area contributed by atoms with Gasteiger partial charge in [-0.25, -0.2) is 4.98 Å². The minimum absolute atomic E-state index is 0.613. The molecule has 144 valence electrons. The molecule has 6 nitrogen and oxygen atoms in total. The molecule has 0 amide bonds. The molecule has 27 heavy (non-hydrogen) atoms. The molecule has 1 aromatic heterocycles. The minimum Gasteiger partial charge on any atom is -0.497 e. The lowest BCUT2D eigenvalue weighted by atomic mass is 9.99. The maximum absolute atomic E-state index is 5.36. The number of nitrogens with zero attached hydrogens (tertiary/aromatic N) is 4. The van der Waals surface area contributed by atoms with Crippen molar-refractivity contribution in [3.8, 4) is 5.75 Å². The zero-order valence-corrected chi connectivity index (χ0v) is 16.5. The highest BCUT2D eigenvalue weighted by atomic mass is 16.5. The van der Waals surface area contributed by atoms with Crippen molar-refractivity contribution in [1.29, 1.82) is 0 Å². The first-order chi connectivity index (χ1) is 13.1. The van der Waals surface area contributed by atoms with Gasteiger partial charge in [-0.3, -0.25) is 0 Å². The Morgan fingerprint density at radius 1 is 1.19 bits per heavy atom. The molecule has 2 heterocycles. The fraction of sp³-hybridized carbons (Fsp3) is 0.524. The van der Waals surface area contributed by atoms with Crippen LogP contribution in [0, 0.1) is 0 Å². The molecule has 6 heteroatoms. The van der Waals surface area contributed by atoms with E-state index in [9.17, 15) is 0 Å². The summed E-state index contributed by atoms with van der Waals surface area (Å²) in [6.07, 6.45) is 3.51. The Balaban J connectivity index is 1.54. The molecule has 1 aliphatic carbocycles. The summed E-state index contributed by atoms with van der Waals surface area (Å²) < 4.78 is 5.36. The first-order valence-corrected chi connectivity index (χ1v) is 9.80. The van der Waals surface area contributed by atoms with Gasteiger partial charge < -0.3 is 19.9 Å². The normalized spacial score (nSPS) is 16.4. The molecule has 0 atom stereocenters. The van der Waals surface area contributed by atoms with Crippen molar-refractivity contribution >= 4 is 11.8 Å². The highest BCUT2D eigenvalue weighted by molar-refractivity contribution is 5.50. The van der Waals surface area contributed by atoms with Crippen LogP contribution < -0.4 is 15.0 Å². The second-order valence-electron chi connectivity index (χ2n) is 7.79. The standard InChI is InChI=1S/C21H29N5O/c1-25(2)11-9-22-21-23-19(15-4-5-15)13-20(24-21)26-10-8-16-12-18(27-3)7-6-17(16)14-26/h6-7,12-13,15H,4-5,8-11,14H2,1-3H3,(H,22,23,24). The minimum atomic E-state index is 0.613. The van der Waals surface area contributed by atoms with Gasteiger partial charge in [-0.2, -0.15) is 4.98 Å². The molecular formula is C21H29N5O. The van der Waals surface area contributed by atoms with E-state index in [0.29, 0.717) is 5.92 Å². The predicted molar refractivity (Wildman–Crippen MR) is 109 cm³/mol. The first-order valence-electron chi connectivity index (χ1n) is 9.80. The van der Waals surface area contributed by atoms with Gasteiger partial charge in [-0.15, -0.1) is 0 Å². The monoisotopic (exact) mass is 367 g/mol. The summed E-state index contributed by atoms with van der Waals surface area (Å²) in [5.41, 5.74) is 3.93. The lowest BCUT2D eigenvalue weighted by Gasteiger charge is -2.30. The average molecular weight is 367 g/mol. The molecule has 1 N–H and O–H groups in total. The van der Waals surface area contributed by atoms with E-state index < -0.39 is 0 Å². The van der Waals surface area contributed by atoms with Crippen molar-refractivity contribution in [2.75, 3.05) is 51.1 Å². The maximum atomic E-state index is 5.36. The van der Waals surface area contributed by atoms with Gasteiger partial charge in [0.05, 0.1) is 12.8 Å². The number of nitrogens with one attached hydrogen (secondary N) is 1. The summed E-state index contributed by atoms with van der Waals surface area (Å²) in [7, 11) is 5.88. The summed E-state index contributed by atoms with van der Waals surface area (Å²) >= 11 is 0. The first kappa shape index (κ1) is 18.0. The van der Waals surface area contributed by atoms with Gasteiger partial charge in [-0.1, -0.05) is 6.07 Å². The zero-order chi connectivity index (χ0) is 18.8. The Morgan fingerprint density at radius 3 is 2.78 bits per heavy atom. The number of methoxy groups -OCH3 is 1. The van der Waals surface area contributed by atoms with Crippen molar-refractivity contribution in [1.82, 2.24) is 14.9 Å². The van der Waals surface area contributed by atoms with Gasteiger partial charge in [-0.05, 0) is 56.6 Å². The molecule has 4 rings (SSSR count). The molecular weight excluding hydrogens is 338 g/mol. The Labute approximate surface area is 161 Å². The molecule has 1 saturated carbocycles. The number of aromatic nitrogens is 2. The molecule has 0 saturated heterocycles. The average Bonchev–Trinajstić information content (AvgIpc) is 3.52. The third kappa shape index (κ3) is 4.33. The number of rotatable bonds is 7. The Morgan fingerprint density at radius 2 is 2.04 bits per heavy atom. The Kier molecular flexibility index (Phi) is 5.16. The number of hydrogen-bond acceptors (Lipinski definition) is 6. The third-order valence-corrected chi connectivity index (χ3v) is 5.32. The van der Waals surface area contributed by atoms with Crippen LogP contribution in [0.4, 0.5) is 11.8 Å². The quantitative estimate of drug-likeness (QED) is 0.812. The lowest BCUT2D eigenvalue weighted by molar-refractivity contribution is 0.413. The molecule has 0 spiro atoms. The molecule has 0 unspecified atom stereocenters. The van der Waals surface area contributed by atoms with Gasteiger partial charge >= 0.3 is 0 Å². The van der Waals surface area contributed by atoms with Crippen molar-refractivity contribution in [2.45, 2.75) is 31.7 Å². The summed E-state index contributed by atoms with van der Waals surface area (Å²) in [6.45, 7) is 3.67. The van der Waals surface area contributed by atoms with E-state index in [2.05, 4.69) is 47.4 Å². The van der Waals surface area contributed by atoms with Crippen LogP contribution in [-0.2, 0) is 13.0 Å². The number of ether oxygens (including phenoxy) is 1. The van der Waals surface area contributed by atoms with E-state index in [1.165, 1.54) is 29.7 Å². The molecule has 2 aliphatic rings. The zero-order valence-electron chi connectivity index (χ0n) is 16.5. The summed E-state index contributed by atoms with van der Waals surface area (Å²) in [6, 6.07) is 8.59. The number of likely N-dealkylation sites (N-methyl/N-ethyl adjacent to an activating group) is 1. The van der Waals surface area contributed by atoms with E-state index in [4.69, 9.17) is 14.7 Å². The fourth-order valence-electron chi connectivity index (χ4n) is 3.53. The lowest BCUT2D eigenvalue weighted by Crippen LogP contribution is -2.31. The maximum Gasteiger partial charge on any atom is 0.224 e. The molecule has 1 fully saturated rings. The largest absolute Gasteiger partial charge is 0.497 e. The van der Waals surface area contributed by atoms with Crippen LogP contribution in [0.2, 0.25) is 0 Å². The molecule has 1 aliphatic heterocycles. The van der Waals surface area contributed by atoms with Crippen LogP contribution in [0.3, 0.4) is 0 Å². The van der Waals surface area contributed by atoms with E-state index in [1.54, 1.807) is 7.11 Å². The molecule has 2 aromatic rings. The number of anilines is 2. The highest BCUT2D eigenvalue weighted by Gasteiger charge is 2.27. The van der Waals surface area contributed by atoms with Gasteiger partial charge in [0, 0.05) is 38.2 Å². The van der Waals surface area contributed by atoms with Crippen molar-refractivity contribution in [3.63, 3.8) is 0 Å². The van der Waals surface area contributed by atoms with Crippen LogP contribution >= 0.6 is 0 Å². The Bertz CT molecular complexity index is 803. The SMILES string of the molecule is COc1ccc2c(c1)CCN(c1cc(C3CC3)nc(NCCN(C)C)n1)C2.